The number of unbranched alkanes of at least 4 members (excludes halogenated alkanes) is 3. The van der Waals surface area contributed by atoms with Gasteiger partial charge >= 0.3 is 5.97 Å². The number of ether oxygens (including phenoxy) is 1. The van der Waals surface area contributed by atoms with Gasteiger partial charge in [-0.3, -0.25) is 4.79 Å². The summed E-state index contributed by atoms with van der Waals surface area (Å²) in [4.78, 5) is 21.7. The fraction of sp³-hybridized carbons (Fsp3) is 0.500. The molecule has 120 valence electrons. The van der Waals surface area contributed by atoms with E-state index in [-0.39, 0.29) is 23.6 Å². The van der Waals surface area contributed by atoms with E-state index in [2.05, 4.69) is 19.7 Å². The summed E-state index contributed by atoms with van der Waals surface area (Å²) in [5, 5.41) is 10.6. The number of anilines is 2. The van der Waals surface area contributed by atoms with Gasteiger partial charge in [0, 0.05) is 12.0 Å². The first-order valence-corrected chi connectivity index (χ1v) is 7.22. The molecule has 6 N–H and O–H groups in total. The quantitative estimate of drug-likeness (QED) is 0.448. The van der Waals surface area contributed by atoms with E-state index in [0.29, 0.717) is 29.4 Å². The minimum Gasteiger partial charge on any atom is -0.494 e. The van der Waals surface area contributed by atoms with E-state index in [1.807, 2.05) is 0 Å². The van der Waals surface area contributed by atoms with E-state index in [9.17, 15) is 9.90 Å². The number of fused-ring (bicyclic) bond motifs is 1. The second kappa shape index (κ2) is 6.97. The van der Waals surface area contributed by atoms with Gasteiger partial charge in [-0.2, -0.15) is 9.97 Å². The molecule has 0 saturated heterocycles. The number of carbonyl (C=O) groups excluding carboxylic acids is 1. The molecule has 0 unspecified atom stereocenters. The Kier molecular flexibility index (Phi) is 5.03. The van der Waals surface area contributed by atoms with Crippen LogP contribution in [0.4, 0.5) is 11.8 Å². The Bertz CT molecular complexity index is 668. The number of hydrogen-bond donors (Lipinski definition) is 4. The number of aryl methyl sites for hydroxylation is 1. The van der Waals surface area contributed by atoms with Crippen LogP contribution in [0.1, 0.15) is 37.7 Å². The van der Waals surface area contributed by atoms with Crippen molar-refractivity contribution in [2.75, 3.05) is 18.6 Å². The number of esters is 1. The molecule has 0 aliphatic heterocycles. The van der Waals surface area contributed by atoms with Gasteiger partial charge in [0.25, 0.3) is 0 Å². The highest BCUT2D eigenvalue weighted by molar-refractivity contribution is 5.92. The Balaban J connectivity index is 1.92. The second-order valence-electron chi connectivity index (χ2n) is 5.13. The second-order valence-corrected chi connectivity index (χ2v) is 5.13. The first-order valence-electron chi connectivity index (χ1n) is 7.22. The maximum Gasteiger partial charge on any atom is 0.305 e. The Hall–Kier alpha value is -2.51. The summed E-state index contributed by atoms with van der Waals surface area (Å²) in [6.07, 6.45) is 4.63. The average Bonchev–Trinajstić information content (AvgIpc) is 2.78. The van der Waals surface area contributed by atoms with E-state index >= 15 is 0 Å². The molecular formula is C14H21N5O3. The first-order chi connectivity index (χ1) is 10.5. The lowest BCUT2D eigenvalue weighted by Crippen LogP contribution is -2.00. The number of aromatic nitrogens is 3. The van der Waals surface area contributed by atoms with Crippen molar-refractivity contribution in [3.8, 4) is 5.88 Å². The number of hydrogen-bond acceptors (Lipinski definition) is 7. The van der Waals surface area contributed by atoms with Crippen LogP contribution >= 0.6 is 0 Å². The van der Waals surface area contributed by atoms with Gasteiger partial charge in [0.05, 0.1) is 12.5 Å². The number of carbonyl (C=O) groups is 1. The Labute approximate surface area is 127 Å². The van der Waals surface area contributed by atoms with Crippen molar-refractivity contribution in [1.82, 2.24) is 15.0 Å². The number of nitrogen functional groups attached to an aromatic ring is 2. The van der Waals surface area contributed by atoms with Crippen molar-refractivity contribution in [2.45, 2.75) is 38.5 Å². The molecule has 2 heterocycles. The Morgan fingerprint density at radius 1 is 1.23 bits per heavy atom. The Morgan fingerprint density at radius 3 is 2.68 bits per heavy atom. The molecule has 2 aromatic heterocycles. The van der Waals surface area contributed by atoms with Crippen LogP contribution in [-0.2, 0) is 16.0 Å². The number of aromatic amines is 1. The first kappa shape index (κ1) is 15.9. The summed E-state index contributed by atoms with van der Waals surface area (Å²) in [7, 11) is 1.39. The molecular weight excluding hydrogens is 286 g/mol. The van der Waals surface area contributed by atoms with Crippen LogP contribution in [-0.4, -0.2) is 33.1 Å². The minimum absolute atomic E-state index is 0.0520. The zero-order valence-corrected chi connectivity index (χ0v) is 12.6. The molecule has 0 radical (unpaired) electrons. The van der Waals surface area contributed by atoms with Crippen molar-refractivity contribution in [2.24, 2.45) is 0 Å². The molecule has 0 aliphatic carbocycles. The highest BCUT2D eigenvalue weighted by Gasteiger charge is 2.15. The summed E-state index contributed by atoms with van der Waals surface area (Å²) < 4.78 is 4.59. The molecule has 0 spiro atoms. The summed E-state index contributed by atoms with van der Waals surface area (Å²) in [5.74, 6) is 0.202. The van der Waals surface area contributed by atoms with Crippen molar-refractivity contribution in [3.63, 3.8) is 0 Å². The molecule has 0 fully saturated rings. The zero-order valence-electron chi connectivity index (χ0n) is 12.6. The summed E-state index contributed by atoms with van der Waals surface area (Å²) in [6.45, 7) is 0. The van der Waals surface area contributed by atoms with Gasteiger partial charge in [-0.1, -0.05) is 12.8 Å². The summed E-state index contributed by atoms with van der Waals surface area (Å²) >= 11 is 0. The number of rotatable bonds is 7. The van der Waals surface area contributed by atoms with Gasteiger partial charge in [-0.25, -0.2) is 0 Å². The van der Waals surface area contributed by atoms with Gasteiger partial charge in [0.2, 0.25) is 5.95 Å². The van der Waals surface area contributed by atoms with E-state index in [4.69, 9.17) is 11.5 Å². The van der Waals surface area contributed by atoms with Crippen molar-refractivity contribution >= 4 is 28.8 Å². The third-order valence-corrected chi connectivity index (χ3v) is 3.56. The highest BCUT2D eigenvalue weighted by Crippen LogP contribution is 2.31. The predicted molar refractivity (Wildman–Crippen MR) is 83.2 cm³/mol. The zero-order chi connectivity index (χ0) is 16.1. The topological polar surface area (TPSA) is 140 Å². The number of aromatic hydroxyl groups is 1. The lowest BCUT2D eigenvalue weighted by Gasteiger charge is -2.03. The normalized spacial score (nSPS) is 11.0. The van der Waals surface area contributed by atoms with Crippen LogP contribution in [0, 0.1) is 0 Å². The fourth-order valence-corrected chi connectivity index (χ4v) is 2.46. The van der Waals surface area contributed by atoms with Crippen LogP contribution in [0.2, 0.25) is 0 Å². The van der Waals surface area contributed by atoms with E-state index in [1.165, 1.54) is 7.11 Å². The van der Waals surface area contributed by atoms with Gasteiger partial charge in [0.1, 0.15) is 11.5 Å². The van der Waals surface area contributed by atoms with E-state index in [1.54, 1.807) is 0 Å². The predicted octanol–water partition coefficient (Wildman–Crippen LogP) is 1.49. The van der Waals surface area contributed by atoms with Crippen LogP contribution in [0.25, 0.3) is 11.0 Å². The standard InChI is InChI=1S/C14H21N5O3/c1-22-9(20)7-5-3-2-4-6-8-10-11(15)17-14(16)19-12(10)18-13(8)21/h21H,2-7H2,1H3,(H5,15,16,17,18,19). The number of nitrogens with zero attached hydrogens (tertiary/aromatic N) is 2. The molecule has 0 atom stereocenters. The number of nitrogens with one attached hydrogen (secondary N) is 1. The maximum absolute atomic E-state index is 11.0. The van der Waals surface area contributed by atoms with Crippen LogP contribution in [0.5, 0.6) is 5.88 Å². The lowest BCUT2D eigenvalue weighted by atomic mass is 10.1. The van der Waals surface area contributed by atoms with Crippen LogP contribution < -0.4 is 11.5 Å². The molecule has 0 aliphatic rings. The van der Waals surface area contributed by atoms with Crippen LogP contribution in [0.3, 0.4) is 0 Å². The molecule has 0 amide bonds. The van der Waals surface area contributed by atoms with Gasteiger partial charge in [-0.05, 0) is 19.3 Å². The Morgan fingerprint density at radius 2 is 1.95 bits per heavy atom. The summed E-state index contributed by atoms with van der Waals surface area (Å²) in [5.41, 5.74) is 12.5. The van der Waals surface area contributed by atoms with Crippen molar-refractivity contribution in [1.29, 1.82) is 0 Å². The molecule has 0 aromatic carbocycles. The van der Waals surface area contributed by atoms with Gasteiger partial charge in [0.15, 0.2) is 5.88 Å². The van der Waals surface area contributed by atoms with Crippen molar-refractivity contribution < 1.29 is 14.6 Å². The van der Waals surface area contributed by atoms with Crippen LogP contribution in [0.15, 0.2) is 0 Å². The SMILES string of the molecule is COC(=O)CCCCCCc1c(O)[nH]c2nc(N)nc(N)c12. The lowest BCUT2D eigenvalue weighted by molar-refractivity contribution is -0.140. The number of nitrogens with two attached hydrogens (primary N) is 2. The minimum atomic E-state index is -0.184. The van der Waals surface area contributed by atoms with Gasteiger partial charge < -0.3 is 26.3 Å². The van der Waals surface area contributed by atoms with E-state index in [0.717, 1.165) is 25.7 Å². The smallest absolute Gasteiger partial charge is 0.305 e. The molecule has 8 nitrogen and oxygen atoms in total. The van der Waals surface area contributed by atoms with Gasteiger partial charge in [-0.15, -0.1) is 0 Å². The molecule has 2 aromatic rings. The van der Waals surface area contributed by atoms with E-state index < -0.39 is 0 Å². The number of H-pyrrole nitrogens is 1. The monoisotopic (exact) mass is 307 g/mol. The molecule has 0 bridgehead atoms. The average molecular weight is 307 g/mol. The maximum atomic E-state index is 11.0. The molecule has 2 rings (SSSR count). The van der Waals surface area contributed by atoms with Crippen molar-refractivity contribution in [3.05, 3.63) is 5.56 Å². The molecule has 8 heteroatoms. The third-order valence-electron chi connectivity index (χ3n) is 3.56. The third kappa shape index (κ3) is 3.57. The largest absolute Gasteiger partial charge is 0.494 e. The number of methoxy groups -OCH3 is 1. The summed E-state index contributed by atoms with van der Waals surface area (Å²) in [6, 6.07) is 0. The highest BCUT2D eigenvalue weighted by atomic mass is 16.5. The fourth-order valence-electron chi connectivity index (χ4n) is 2.46. The molecule has 0 saturated carbocycles. The molecule has 22 heavy (non-hydrogen) atoms.